The number of nitrogens with zero attached hydrogens (tertiary/aromatic N) is 3. The second-order valence-corrected chi connectivity index (χ2v) is 4.23. The number of aryl methyl sites for hydroxylation is 2. The van der Waals surface area contributed by atoms with Gasteiger partial charge in [0.1, 0.15) is 0 Å². The molecule has 2 rings (SSSR count). The molecule has 1 aliphatic rings. The first kappa shape index (κ1) is 9.68. The van der Waals surface area contributed by atoms with Crippen molar-refractivity contribution in [3.63, 3.8) is 0 Å². The molecule has 4 heteroatoms. The van der Waals surface area contributed by atoms with E-state index in [0.717, 1.165) is 18.8 Å². The molecule has 1 aliphatic heterocycles. The van der Waals surface area contributed by atoms with Crippen molar-refractivity contribution in [2.45, 2.75) is 25.9 Å². The van der Waals surface area contributed by atoms with Crippen LogP contribution in [-0.2, 0) is 7.05 Å². The van der Waals surface area contributed by atoms with E-state index < -0.39 is 0 Å². The fraction of sp³-hybridized carbons (Fsp3) is 0.700. The third-order valence-corrected chi connectivity index (χ3v) is 2.99. The van der Waals surface area contributed by atoms with Crippen molar-refractivity contribution < 1.29 is 0 Å². The molecule has 1 unspecified atom stereocenters. The highest BCUT2D eigenvalue weighted by molar-refractivity contribution is 5.20. The molecule has 0 aliphatic carbocycles. The molecular weight excluding hydrogens is 176 g/mol. The van der Waals surface area contributed by atoms with E-state index >= 15 is 0 Å². The fourth-order valence-corrected chi connectivity index (χ4v) is 2.09. The average molecular weight is 194 g/mol. The van der Waals surface area contributed by atoms with Crippen LogP contribution in [-0.4, -0.2) is 33.8 Å². The quantitative estimate of drug-likeness (QED) is 0.743. The Kier molecular flexibility index (Phi) is 2.33. The van der Waals surface area contributed by atoms with Gasteiger partial charge in [-0.1, -0.05) is 0 Å². The van der Waals surface area contributed by atoms with Gasteiger partial charge in [-0.2, -0.15) is 5.10 Å². The maximum atomic E-state index is 5.77. The van der Waals surface area contributed by atoms with Gasteiger partial charge in [0.2, 0.25) is 0 Å². The summed E-state index contributed by atoms with van der Waals surface area (Å²) >= 11 is 0. The SMILES string of the molecule is Cc1nn(C)cc1C(C)N1CC(N)C1. The molecule has 1 atom stereocenters. The van der Waals surface area contributed by atoms with Crippen molar-refractivity contribution in [1.29, 1.82) is 0 Å². The van der Waals surface area contributed by atoms with Gasteiger partial charge >= 0.3 is 0 Å². The molecule has 0 bridgehead atoms. The smallest absolute Gasteiger partial charge is 0.0641 e. The lowest BCUT2D eigenvalue weighted by atomic mass is 10.0. The highest BCUT2D eigenvalue weighted by atomic mass is 15.3. The molecule has 0 radical (unpaired) electrons. The Morgan fingerprint density at radius 3 is 2.64 bits per heavy atom. The van der Waals surface area contributed by atoms with Crippen LogP contribution in [0.4, 0.5) is 0 Å². The zero-order chi connectivity index (χ0) is 10.3. The van der Waals surface area contributed by atoms with Gasteiger partial charge in [0, 0.05) is 44.0 Å². The molecule has 0 amide bonds. The molecule has 14 heavy (non-hydrogen) atoms. The Morgan fingerprint density at radius 1 is 1.57 bits per heavy atom. The van der Waals surface area contributed by atoms with E-state index in [4.69, 9.17) is 5.73 Å². The molecule has 0 aromatic carbocycles. The zero-order valence-corrected chi connectivity index (χ0v) is 9.07. The molecular formula is C10H18N4. The number of likely N-dealkylation sites (tertiary alicyclic amines) is 1. The summed E-state index contributed by atoms with van der Waals surface area (Å²) < 4.78 is 1.88. The summed E-state index contributed by atoms with van der Waals surface area (Å²) in [6, 6.07) is 0.818. The van der Waals surface area contributed by atoms with Gasteiger partial charge in [0.15, 0.2) is 0 Å². The molecule has 1 saturated heterocycles. The highest BCUT2D eigenvalue weighted by Crippen LogP contribution is 2.26. The summed E-state index contributed by atoms with van der Waals surface area (Å²) in [4.78, 5) is 2.38. The summed E-state index contributed by atoms with van der Waals surface area (Å²) in [7, 11) is 1.96. The van der Waals surface area contributed by atoms with Crippen molar-refractivity contribution in [3.05, 3.63) is 17.5 Å². The molecule has 2 N–H and O–H groups in total. The largest absolute Gasteiger partial charge is 0.325 e. The summed E-state index contributed by atoms with van der Waals surface area (Å²) in [6.07, 6.45) is 2.10. The van der Waals surface area contributed by atoms with Crippen LogP contribution >= 0.6 is 0 Å². The van der Waals surface area contributed by atoms with Gasteiger partial charge in [-0.05, 0) is 13.8 Å². The highest BCUT2D eigenvalue weighted by Gasteiger charge is 2.29. The minimum Gasteiger partial charge on any atom is -0.325 e. The van der Waals surface area contributed by atoms with Crippen LogP contribution in [0.25, 0.3) is 0 Å². The van der Waals surface area contributed by atoms with Crippen molar-refractivity contribution in [2.75, 3.05) is 13.1 Å². The van der Waals surface area contributed by atoms with Crippen molar-refractivity contribution >= 4 is 0 Å². The predicted octanol–water partition coefficient (Wildman–Crippen LogP) is 0.432. The third kappa shape index (κ3) is 1.55. The van der Waals surface area contributed by atoms with Crippen LogP contribution in [0.1, 0.15) is 24.2 Å². The maximum Gasteiger partial charge on any atom is 0.0641 e. The van der Waals surface area contributed by atoms with Crippen LogP contribution in [0.5, 0.6) is 0 Å². The number of hydrogen-bond donors (Lipinski definition) is 1. The van der Waals surface area contributed by atoms with Gasteiger partial charge in [0.25, 0.3) is 0 Å². The molecule has 4 nitrogen and oxygen atoms in total. The van der Waals surface area contributed by atoms with Gasteiger partial charge in [-0.15, -0.1) is 0 Å². The van der Waals surface area contributed by atoms with E-state index in [9.17, 15) is 0 Å². The summed E-state index contributed by atoms with van der Waals surface area (Å²) in [5, 5.41) is 4.35. The van der Waals surface area contributed by atoms with Crippen molar-refractivity contribution in [1.82, 2.24) is 14.7 Å². The van der Waals surface area contributed by atoms with Gasteiger partial charge in [-0.25, -0.2) is 0 Å². The van der Waals surface area contributed by atoms with E-state index in [1.54, 1.807) is 0 Å². The minimum atomic E-state index is 0.370. The third-order valence-electron chi connectivity index (χ3n) is 2.99. The van der Waals surface area contributed by atoms with E-state index in [-0.39, 0.29) is 0 Å². The van der Waals surface area contributed by atoms with Crippen LogP contribution in [0, 0.1) is 6.92 Å². The number of aromatic nitrogens is 2. The molecule has 1 fully saturated rings. The molecule has 1 aromatic heterocycles. The fourth-order valence-electron chi connectivity index (χ4n) is 2.09. The average Bonchev–Trinajstić information content (AvgIpc) is 2.39. The maximum absolute atomic E-state index is 5.77. The Labute approximate surface area is 84.7 Å². The number of rotatable bonds is 2. The molecule has 78 valence electrons. The first-order valence-corrected chi connectivity index (χ1v) is 5.07. The first-order valence-electron chi connectivity index (χ1n) is 5.07. The minimum absolute atomic E-state index is 0.370. The molecule has 2 heterocycles. The van der Waals surface area contributed by atoms with Gasteiger partial charge in [-0.3, -0.25) is 9.58 Å². The molecule has 0 saturated carbocycles. The number of hydrogen-bond acceptors (Lipinski definition) is 3. The van der Waals surface area contributed by atoms with Crippen molar-refractivity contribution in [2.24, 2.45) is 12.8 Å². The monoisotopic (exact) mass is 194 g/mol. The topological polar surface area (TPSA) is 47.1 Å². The van der Waals surface area contributed by atoms with Crippen molar-refractivity contribution in [3.8, 4) is 0 Å². The Bertz CT molecular complexity index is 325. The van der Waals surface area contributed by atoms with E-state index in [2.05, 4.69) is 30.0 Å². The Balaban J connectivity index is 2.11. The van der Waals surface area contributed by atoms with Gasteiger partial charge < -0.3 is 5.73 Å². The Morgan fingerprint density at radius 2 is 2.21 bits per heavy atom. The summed E-state index contributed by atoms with van der Waals surface area (Å²) in [6.45, 7) is 6.30. The van der Waals surface area contributed by atoms with E-state index in [1.807, 2.05) is 11.7 Å². The lowest BCUT2D eigenvalue weighted by Crippen LogP contribution is -2.56. The normalized spacial score (nSPS) is 20.9. The second-order valence-electron chi connectivity index (χ2n) is 4.23. The Hall–Kier alpha value is -0.870. The number of nitrogens with two attached hydrogens (primary N) is 1. The molecule has 1 aromatic rings. The zero-order valence-electron chi connectivity index (χ0n) is 9.07. The van der Waals surface area contributed by atoms with E-state index in [0.29, 0.717) is 12.1 Å². The van der Waals surface area contributed by atoms with Crippen LogP contribution in [0.15, 0.2) is 6.20 Å². The molecule has 0 spiro atoms. The first-order chi connectivity index (χ1) is 6.58. The predicted molar refractivity (Wildman–Crippen MR) is 55.9 cm³/mol. The lowest BCUT2D eigenvalue weighted by molar-refractivity contribution is 0.103. The van der Waals surface area contributed by atoms with Crippen LogP contribution in [0.2, 0.25) is 0 Å². The lowest BCUT2D eigenvalue weighted by Gasteiger charge is -2.41. The summed E-state index contributed by atoms with van der Waals surface area (Å²) in [5.41, 5.74) is 8.21. The standard InChI is InChI=1S/C10H18N4/c1-7-10(6-13(3)12-7)8(2)14-4-9(11)5-14/h6,8-9H,4-5,11H2,1-3H3. The summed E-state index contributed by atoms with van der Waals surface area (Å²) in [5.74, 6) is 0. The van der Waals surface area contributed by atoms with Gasteiger partial charge in [0.05, 0.1) is 5.69 Å². The van der Waals surface area contributed by atoms with Crippen LogP contribution < -0.4 is 5.73 Å². The second kappa shape index (κ2) is 3.37. The van der Waals surface area contributed by atoms with E-state index in [1.165, 1.54) is 5.56 Å². The van der Waals surface area contributed by atoms with Crippen LogP contribution in [0.3, 0.4) is 0 Å².